The number of nitrogens with zero attached hydrogens (tertiary/aromatic N) is 1. The molecule has 1 saturated heterocycles. The summed E-state index contributed by atoms with van der Waals surface area (Å²) in [5.74, 6) is 0.952. The Balaban J connectivity index is 1.92. The zero-order chi connectivity index (χ0) is 12.3. The van der Waals surface area contributed by atoms with E-state index in [0.29, 0.717) is 31.5 Å². The summed E-state index contributed by atoms with van der Waals surface area (Å²) in [7, 11) is 0. The van der Waals surface area contributed by atoms with Gasteiger partial charge in [0.15, 0.2) is 0 Å². The van der Waals surface area contributed by atoms with Crippen molar-refractivity contribution in [3.05, 3.63) is 0 Å². The summed E-state index contributed by atoms with van der Waals surface area (Å²) in [5, 5.41) is 0. The fraction of sp³-hybridized carbons (Fsp3) is 0.923. The van der Waals surface area contributed by atoms with Gasteiger partial charge >= 0.3 is 0 Å². The highest BCUT2D eigenvalue weighted by Crippen LogP contribution is 2.33. The number of hydrogen-bond donors (Lipinski definition) is 1. The van der Waals surface area contributed by atoms with Gasteiger partial charge in [-0.05, 0) is 25.2 Å². The molecule has 1 amide bonds. The van der Waals surface area contributed by atoms with Crippen molar-refractivity contribution < 1.29 is 9.53 Å². The standard InChI is InChI=1S/C13H24N2O2/c1-2-5-13(9-14)10-15(6-7-17-13)12(16)8-11-3-4-11/h11H,2-10,14H2,1H3. The summed E-state index contributed by atoms with van der Waals surface area (Å²) in [6.07, 6.45) is 5.17. The Morgan fingerprint density at radius 1 is 1.53 bits per heavy atom. The highest BCUT2D eigenvalue weighted by Gasteiger charge is 2.37. The maximum atomic E-state index is 12.1. The first-order valence-corrected chi connectivity index (χ1v) is 6.81. The van der Waals surface area contributed by atoms with Crippen molar-refractivity contribution in [2.45, 2.75) is 44.6 Å². The zero-order valence-corrected chi connectivity index (χ0v) is 10.8. The van der Waals surface area contributed by atoms with Crippen LogP contribution in [0.15, 0.2) is 0 Å². The van der Waals surface area contributed by atoms with E-state index in [4.69, 9.17) is 10.5 Å². The fourth-order valence-corrected chi connectivity index (χ4v) is 2.59. The Morgan fingerprint density at radius 3 is 2.88 bits per heavy atom. The number of hydrogen-bond acceptors (Lipinski definition) is 3. The third-order valence-electron chi connectivity index (χ3n) is 3.84. The van der Waals surface area contributed by atoms with Crippen molar-refractivity contribution in [1.82, 2.24) is 4.90 Å². The van der Waals surface area contributed by atoms with Gasteiger partial charge in [0, 0.05) is 19.5 Å². The van der Waals surface area contributed by atoms with E-state index in [-0.39, 0.29) is 5.60 Å². The van der Waals surface area contributed by atoms with Gasteiger partial charge in [-0.15, -0.1) is 0 Å². The molecule has 0 aromatic rings. The molecule has 4 nitrogen and oxygen atoms in total. The number of ether oxygens (including phenoxy) is 1. The van der Waals surface area contributed by atoms with Gasteiger partial charge in [-0.1, -0.05) is 13.3 Å². The lowest BCUT2D eigenvalue weighted by atomic mass is 9.95. The van der Waals surface area contributed by atoms with Gasteiger partial charge in [0.05, 0.1) is 18.8 Å². The third-order valence-corrected chi connectivity index (χ3v) is 3.84. The van der Waals surface area contributed by atoms with Gasteiger partial charge in [0.25, 0.3) is 0 Å². The Bertz CT molecular complexity index is 275. The van der Waals surface area contributed by atoms with Crippen LogP contribution >= 0.6 is 0 Å². The molecule has 98 valence electrons. The van der Waals surface area contributed by atoms with Crippen LogP contribution in [0.4, 0.5) is 0 Å². The molecule has 1 atom stereocenters. The van der Waals surface area contributed by atoms with E-state index in [1.165, 1.54) is 12.8 Å². The molecule has 0 aromatic heterocycles. The number of morpholine rings is 1. The fourth-order valence-electron chi connectivity index (χ4n) is 2.59. The molecule has 1 aliphatic carbocycles. The van der Waals surface area contributed by atoms with Gasteiger partial charge < -0.3 is 15.4 Å². The Hall–Kier alpha value is -0.610. The minimum Gasteiger partial charge on any atom is -0.370 e. The lowest BCUT2D eigenvalue weighted by Gasteiger charge is -2.42. The van der Waals surface area contributed by atoms with Crippen LogP contribution in [0.3, 0.4) is 0 Å². The molecular formula is C13H24N2O2. The number of carbonyl (C=O) groups excluding carboxylic acids is 1. The van der Waals surface area contributed by atoms with Crippen molar-refractivity contribution in [3.8, 4) is 0 Å². The SMILES string of the molecule is CCCC1(CN)CN(C(=O)CC2CC2)CCO1. The van der Waals surface area contributed by atoms with Crippen molar-refractivity contribution in [2.75, 3.05) is 26.2 Å². The average molecular weight is 240 g/mol. The Kier molecular flexibility index (Phi) is 4.05. The molecule has 1 unspecified atom stereocenters. The Morgan fingerprint density at radius 2 is 2.29 bits per heavy atom. The molecule has 0 radical (unpaired) electrons. The molecule has 2 rings (SSSR count). The molecule has 2 aliphatic rings. The molecule has 1 aliphatic heterocycles. The second-order valence-electron chi connectivity index (χ2n) is 5.45. The van der Waals surface area contributed by atoms with E-state index in [0.717, 1.165) is 25.8 Å². The maximum absolute atomic E-state index is 12.1. The summed E-state index contributed by atoms with van der Waals surface area (Å²) in [4.78, 5) is 14.0. The number of nitrogens with two attached hydrogens (primary N) is 1. The predicted octanol–water partition coefficient (Wildman–Crippen LogP) is 1.14. The van der Waals surface area contributed by atoms with E-state index in [9.17, 15) is 4.79 Å². The molecule has 4 heteroatoms. The first kappa shape index (κ1) is 12.8. The predicted molar refractivity (Wildman–Crippen MR) is 66.6 cm³/mol. The minimum atomic E-state index is -0.286. The van der Waals surface area contributed by atoms with Crippen molar-refractivity contribution in [3.63, 3.8) is 0 Å². The molecule has 17 heavy (non-hydrogen) atoms. The van der Waals surface area contributed by atoms with E-state index >= 15 is 0 Å². The van der Waals surface area contributed by atoms with Crippen LogP contribution in [0.5, 0.6) is 0 Å². The van der Waals surface area contributed by atoms with E-state index in [1.54, 1.807) is 0 Å². The summed E-state index contributed by atoms with van der Waals surface area (Å²) in [5.41, 5.74) is 5.55. The summed E-state index contributed by atoms with van der Waals surface area (Å²) < 4.78 is 5.84. The van der Waals surface area contributed by atoms with Crippen molar-refractivity contribution >= 4 is 5.91 Å². The number of rotatable bonds is 5. The van der Waals surface area contributed by atoms with Crippen LogP contribution in [-0.2, 0) is 9.53 Å². The first-order chi connectivity index (χ1) is 8.19. The molecule has 1 heterocycles. The lowest BCUT2D eigenvalue weighted by Crippen LogP contribution is -2.57. The van der Waals surface area contributed by atoms with E-state index < -0.39 is 0 Å². The smallest absolute Gasteiger partial charge is 0.223 e. The molecule has 0 aromatic carbocycles. The van der Waals surface area contributed by atoms with Crippen LogP contribution in [0.25, 0.3) is 0 Å². The highest BCUT2D eigenvalue weighted by atomic mass is 16.5. The number of carbonyl (C=O) groups is 1. The molecule has 0 bridgehead atoms. The zero-order valence-electron chi connectivity index (χ0n) is 10.8. The van der Waals surface area contributed by atoms with Crippen LogP contribution in [0.1, 0.15) is 39.0 Å². The molecule has 1 saturated carbocycles. The molecule has 2 N–H and O–H groups in total. The topological polar surface area (TPSA) is 55.6 Å². The van der Waals surface area contributed by atoms with Gasteiger partial charge in [0.1, 0.15) is 0 Å². The summed E-state index contributed by atoms with van der Waals surface area (Å²) in [6.45, 7) is 4.69. The van der Waals surface area contributed by atoms with Crippen molar-refractivity contribution in [2.24, 2.45) is 11.7 Å². The summed E-state index contributed by atoms with van der Waals surface area (Å²) in [6, 6.07) is 0. The molecule has 0 spiro atoms. The van der Waals surface area contributed by atoms with Gasteiger partial charge in [-0.2, -0.15) is 0 Å². The van der Waals surface area contributed by atoms with Gasteiger partial charge in [-0.3, -0.25) is 4.79 Å². The monoisotopic (exact) mass is 240 g/mol. The van der Waals surface area contributed by atoms with Crippen molar-refractivity contribution in [1.29, 1.82) is 0 Å². The summed E-state index contributed by atoms with van der Waals surface area (Å²) >= 11 is 0. The first-order valence-electron chi connectivity index (χ1n) is 6.81. The lowest BCUT2D eigenvalue weighted by molar-refractivity contribution is -0.150. The third kappa shape index (κ3) is 3.19. The highest BCUT2D eigenvalue weighted by molar-refractivity contribution is 5.77. The second kappa shape index (κ2) is 5.36. The molecule has 2 fully saturated rings. The number of amides is 1. The van der Waals surface area contributed by atoms with Crippen LogP contribution in [-0.4, -0.2) is 42.6 Å². The minimum absolute atomic E-state index is 0.286. The largest absolute Gasteiger partial charge is 0.370 e. The van der Waals surface area contributed by atoms with Gasteiger partial charge in [0.2, 0.25) is 5.91 Å². The average Bonchev–Trinajstić information content (AvgIpc) is 3.13. The normalized spacial score (nSPS) is 29.4. The molecular weight excluding hydrogens is 216 g/mol. The Labute approximate surface area is 103 Å². The van der Waals surface area contributed by atoms with Crippen LogP contribution < -0.4 is 5.73 Å². The maximum Gasteiger partial charge on any atom is 0.223 e. The van der Waals surface area contributed by atoms with Gasteiger partial charge in [-0.25, -0.2) is 0 Å². The van der Waals surface area contributed by atoms with E-state index in [2.05, 4.69) is 6.92 Å². The van der Waals surface area contributed by atoms with Crippen LogP contribution in [0, 0.1) is 5.92 Å². The second-order valence-corrected chi connectivity index (χ2v) is 5.45. The van der Waals surface area contributed by atoms with E-state index in [1.807, 2.05) is 4.90 Å². The van der Waals surface area contributed by atoms with Crippen LogP contribution in [0.2, 0.25) is 0 Å². The quantitative estimate of drug-likeness (QED) is 0.784.